The van der Waals surface area contributed by atoms with Gasteiger partial charge >= 0.3 is 0 Å². The molecule has 0 aliphatic carbocycles. The van der Waals surface area contributed by atoms with Crippen molar-refractivity contribution in [1.82, 2.24) is 0 Å². The second-order valence-corrected chi connectivity index (χ2v) is 8.83. The SMILES string of the molecule is COc1ccc(/C(O)=C2\C(=O)C(=O)N(c3cc(Cl)ccc3C)C2c2ccc(OC)c(OC)c2)c(C)c1. The van der Waals surface area contributed by atoms with Crippen molar-refractivity contribution in [1.29, 1.82) is 0 Å². The van der Waals surface area contributed by atoms with Gasteiger partial charge in [0.05, 0.1) is 32.9 Å². The first kappa shape index (κ1) is 25.1. The van der Waals surface area contributed by atoms with Gasteiger partial charge in [-0.05, 0) is 73.0 Å². The molecule has 1 saturated heterocycles. The van der Waals surface area contributed by atoms with E-state index in [2.05, 4.69) is 0 Å². The van der Waals surface area contributed by atoms with Crippen LogP contribution in [-0.2, 0) is 9.59 Å². The van der Waals surface area contributed by atoms with Crippen LogP contribution in [0.3, 0.4) is 0 Å². The fraction of sp³-hybridized carbons (Fsp3) is 0.214. The number of amides is 1. The average molecular weight is 508 g/mol. The summed E-state index contributed by atoms with van der Waals surface area (Å²) in [5, 5.41) is 11.9. The van der Waals surface area contributed by atoms with Gasteiger partial charge in [0.2, 0.25) is 0 Å². The van der Waals surface area contributed by atoms with Crippen LogP contribution < -0.4 is 19.1 Å². The van der Waals surface area contributed by atoms with E-state index in [0.29, 0.717) is 44.6 Å². The van der Waals surface area contributed by atoms with Gasteiger partial charge in [-0.1, -0.05) is 23.7 Å². The molecule has 0 aromatic heterocycles. The number of halogens is 1. The topological polar surface area (TPSA) is 85.3 Å². The maximum Gasteiger partial charge on any atom is 0.300 e. The molecule has 1 aliphatic heterocycles. The number of rotatable bonds is 6. The summed E-state index contributed by atoms with van der Waals surface area (Å²) in [6, 6.07) is 14.4. The fourth-order valence-corrected chi connectivity index (χ4v) is 4.60. The lowest BCUT2D eigenvalue weighted by Crippen LogP contribution is -2.30. The molecule has 7 nitrogen and oxygen atoms in total. The van der Waals surface area contributed by atoms with E-state index in [-0.39, 0.29) is 11.3 Å². The molecular formula is C28H26ClNO6. The summed E-state index contributed by atoms with van der Waals surface area (Å²) in [6.07, 6.45) is 0. The molecule has 186 valence electrons. The molecule has 0 spiro atoms. The summed E-state index contributed by atoms with van der Waals surface area (Å²) in [5.41, 5.74) is 2.83. The third-order valence-electron chi connectivity index (χ3n) is 6.29. The number of methoxy groups -OCH3 is 3. The van der Waals surface area contributed by atoms with Crippen molar-refractivity contribution in [3.05, 3.63) is 87.4 Å². The molecule has 1 heterocycles. The van der Waals surface area contributed by atoms with E-state index in [1.165, 1.54) is 19.1 Å². The molecule has 3 aromatic carbocycles. The van der Waals surface area contributed by atoms with Crippen molar-refractivity contribution in [3.63, 3.8) is 0 Å². The second-order valence-electron chi connectivity index (χ2n) is 8.40. The smallest absolute Gasteiger partial charge is 0.300 e. The maximum absolute atomic E-state index is 13.5. The normalized spacial score (nSPS) is 16.8. The lowest BCUT2D eigenvalue weighted by molar-refractivity contribution is -0.132. The van der Waals surface area contributed by atoms with Gasteiger partial charge in [0.1, 0.15) is 11.5 Å². The van der Waals surface area contributed by atoms with Gasteiger partial charge in [-0.2, -0.15) is 0 Å². The van der Waals surface area contributed by atoms with Crippen LogP contribution in [0.4, 0.5) is 5.69 Å². The molecule has 3 aromatic rings. The predicted octanol–water partition coefficient (Wildman–Crippen LogP) is 5.61. The molecule has 36 heavy (non-hydrogen) atoms. The molecule has 1 N–H and O–H groups in total. The third kappa shape index (κ3) is 4.27. The van der Waals surface area contributed by atoms with Crippen LogP contribution in [0.15, 0.2) is 60.2 Å². The van der Waals surface area contributed by atoms with E-state index in [9.17, 15) is 14.7 Å². The predicted molar refractivity (Wildman–Crippen MR) is 138 cm³/mol. The van der Waals surface area contributed by atoms with Crippen LogP contribution in [0.5, 0.6) is 17.2 Å². The number of nitrogens with zero attached hydrogens (tertiary/aromatic N) is 1. The first-order valence-corrected chi connectivity index (χ1v) is 11.5. The molecule has 1 fully saturated rings. The van der Waals surface area contributed by atoms with Gasteiger partial charge in [0.25, 0.3) is 11.7 Å². The van der Waals surface area contributed by atoms with E-state index in [1.54, 1.807) is 68.6 Å². The maximum atomic E-state index is 13.5. The molecule has 0 saturated carbocycles. The minimum Gasteiger partial charge on any atom is -0.507 e. The van der Waals surface area contributed by atoms with E-state index in [4.69, 9.17) is 25.8 Å². The Labute approximate surface area is 214 Å². The number of ether oxygens (including phenoxy) is 3. The van der Waals surface area contributed by atoms with E-state index < -0.39 is 17.7 Å². The number of Topliss-reactive ketones (excluding diaryl/α,β-unsaturated/α-hetero) is 1. The first-order valence-electron chi connectivity index (χ1n) is 11.2. The monoisotopic (exact) mass is 507 g/mol. The Bertz CT molecular complexity index is 1400. The van der Waals surface area contributed by atoms with Gasteiger partial charge in [-0.3, -0.25) is 14.5 Å². The molecule has 0 radical (unpaired) electrons. The van der Waals surface area contributed by atoms with Crippen molar-refractivity contribution in [3.8, 4) is 17.2 Å². The zero-order valence-electron chi connectivity index (χ0n) is 20.6. The number of carbonyl (C=O) groups excluding carboxylic acids is 2. The number of aryl methyl sites for hydroxylation is 2. The summed E-state index contributed by atoms with van der Waals surface area (Å²) in [4.78, 5) is 28.3. The van der Waals surface area contributed by atoms with Crippen LogP contribution in [0.25, 0.3) is 5.76 Å². The Morgan fingerprint density at radius 1 is 0.861 bits per heavy atom. The number of benzene rings is 3. The number of ketones is 1. The number of anilines is 1. The molecule has 8 heteroatoms. The highest BCUT2D eigenvalue weighted by molar-refractivity contribution is 6.52. The van der Waals surface area contributed by atoms with Crippen LogP contribution >= 0.6 is 11.6 Å². The second kappa shape index (κ2) is 9.95. The Morgan fingerprint density at radius 3 is 2.22 bits per heavy atom. The van der Waals surface area contributed by atoms with Crippen LogP contribution in [-0.4, -0.2) is 38.1 Å². The number of hydrogen-bond acceptors (Lipinski definition) is 6. The third-order valence-corrected chi connectivity index (χ3v) is 6.52. The molecule has 1 amide bonds. The summed E-state index contributed by atoms with van der Waals surface area (Å²) >= 11 is 6.27. The zero-order valence-corrected chi connectivity index (χ0v) is 21.3. The van der Waals surface area contributed by atoms with Gasteiger partial charge in [-0.15, -0.1) is 0 Å². The highest BCUT2D eigenvalue weighted by atomic mass is 35.5. The first-order chi connectivity index (χ1) is 17.2. The number of aliphatic hydroxyl groups is 1. The number of aliphatic hydroxyl groups excluding tert-OH is 1. The van der Waals surface area contributed by atoms with Crippen molar-refractivity contribution < 1.29 is 28.9 Å². The zero-order chi connectivity index (χ0) is 26.1. The lowest BCUT2D eigenvalue weighted by atomic mass is 9.93. The summed E-state index contributed by atoms with van der Waals surface area (Å²) < 4.78 is 16.1. The molecule has 1 unspecified atom stereocenters. The van der Waals surface area contributed by atoms with Crippen LogP contribution in [0.2, 0.25) is 5.02 Å². The Balaban J connectivity index is 2.01. The van der Waals surface area contributed by atoms with Crippen LogP contribution in [0, 0.1) is 13.8 Å². The van der Waals surface area contributed by atoms with Gasteiger partial charge in [0, 0.05) is 16.3 Å². The number of hydrogen-bond donors (Lipinski definition) is 1. The van der Waals surface area contributed by atoms with Gasteiger partial charge in [0.15, 0.2) is 11.5 Å². The van der Waals surface area contributed by atoms with Gasteiger partial charge in [-0.25, -0.2) is 0 Å². The van der Waals surface area contributed by atoms with E-state index >= 15 is 0 Å². The molecule has 0 bridgehead atoms. The Kier molecular flexibility index (Phi) is 6.95. The standard InChI is InChI=1S/C28H26ClNO6/c1-15-6-8-18(29)14-21(15)30-25(17-7-11-22(35-4)23(13-17)36-5)24(27(32)28(30)33)26(31)20-10-9-19(34-3)12-16(20)2/h6-14,25,31H,1-5H3/b26-24+. The molecule has 1 atom stereocenters. The molecular weight excluding hydrogens is 482 g/mol. The van der Waals surface area contributed by atoms with Crippen molar-refractivity contribution in [2.24, 2.45) is 0 Å². The van der Waals surface area contributed by atoms with Crippen molar-refractivity contribution in [2.45, 2.75) is 19.9 Å². The van der Waals surface area contributed by atoms with Crippen molar-refractivity contribution >= 4 is 34.7 Å². The average Bonchev–Trinajstić information content (AvgIpc) is 3.14. The minimum atomic E-state index is -0.941. The molecule has 1 aliphatic rings. The van der Waals surface area contributed by atoms with E-state index in [0.717, 1.165) is 5.56 Å². The molecule has 4 rings (SSSR count). The highest BCUT2D eigenvalue weighted by Gasteiger charge is 2.47. The van der Waals surface area contributed by atoms with Gasteiger partial charge < -0.3 is 19.3 Å². The largest absolute Gasteiger partial charge is 0.507 e. The lowest BCUT2D eigenvalue weighted by Gasteiger charge is -2.27. The quantitative estimate of drug-likeness (QED) is 0.265. The summed E-state index contributed by atoms with van der Waals surface area (Å²) in [7, 11) is 4.57. The van der Waals surface area contributed by atoms with E-state index in [1.807, 2.05) is 6.92 Å². The Hall–Kier alpha value is -3.97. The summed E-state index contributed by atoms with van der Waals surface area (Å²) in [5.74, 6) is -0.340. The van der Waals surface area contributed by atoms with Crippen LogP contribution in [0.1, 0.15) is 28.3 Å². The summed E-state index contributed by atoms with van der Waals surface area (Å²) in [6.45, 7) is 3.62. The number of carbonyl (C=O) groups is 2. The minimum absolute atomic E-state index is 0.0418. The van der Waals surface area contributed by atoms with Crippen molar-refractivity contribution in [2.75, 3.05) is 26.2 Å². The fourth-order valence-electron chi connectivity index (χ4n) is 4.44. The Morgan fingerprint density at radius 2 is 1.58 bits per heavy atom. The highest BCUT2D eigenvalue weighted by Crippen LogP contribution is 2.45.